The monoisotopic (exact) mass is 515 g/mol. The highest BCUT2D eigenvalue weighted by molar-refractivity contribution is 7.80. The Balaban J connectivity index is 1.69. The molecular weight excluding hydrogens is 486 g/mol. The molecule has 1 heterocycles. The molecule has 0 radical (unpaired) electrons. The summed E-state index contributed by atoms with van der Waals surface area (Å²) in [5.74, 6) is 0.282. The van der Waals surface area contributed by atoms with Crippen LogP contribution in [-0.2, 0) is 17.8 Å². The average Bonchev–Trinajstić information content (AvgIpc) is 2.89. The zero-order valence-electron chi connectivity index (χ0n) is 21.3. The third-order valence-electron chi connectivity index (χ3n) is 6.14. The van der Waals surface area contributed by atoms with Crippen molar-refractivity contribution in [3.63, 3.8) is 0 Å². The van der Waals surface area contributed by atoms with Gasteiger partial charge in [-0.3, -0.25) is 4.79 Å². The minimum atomic E-state index is -0.468. The van der Waals surface area contributed by atoms with E-state index >= 15 is 0 Å². The molecule has 0 unspecified atom stereocenters. The number of para-hydroxylation sites is 1. The second kappa shape index (κ2) is 11.3. The first-order valence-electron chi connectivity index (χ1n) is 11.8. The van der Waals surface area contributed by atoms with E-state index in [0.717, 1.165) is 33.3 Å². The molecule has 4 rings (SSSR count). The van der Waals surface area contributed by atoms with Crippen molar-refractivity contribution in [2.75, 3.05) is 19.5 Å². The Kier molecular flexibility index (Phi) is 7.89. The van der Waals surface area contributed by atoms with E-state index in [1.807, 2.05) is 61.2 Å². The molecule has 3 aromatic carbocycles. The Morgan fingerprint density at radius 3 is 2.43 bits per heavy atom. The van der Waals surface area contributed by atoms with Crippen LogP contribution in [0.1, 0.15) is 32.6 Å². The summed E-state index contributed by atoms with van der Waals surface area (Å²) >= 11 is 5.79. The maximum Gasteiger partial charge on any atom is 0.339 e. The largest absolute Gasteiger partial charge is 0.497 e. The van der Waals surface area contributed by atoms with Crippen molar-refractivity contribution in [3.05, 3.63) is 105 Å². The minimum absolute atomic E-state index is 0.171. The topological polar surface area (TPSA) is 83.7 Å². The normalized spacial score (nSPS) is 10.7. The van der Waals surface area contributed by atoms with E-state index in [1.54, 1.807) is 25.3 Å². The summed E-state index contributed by atoms with van der Waals surface area (Å²) in [6.07, 6.45) is 0. The number of thiocarbonyl (C=S) groups is 1. The molecule has 0 atom stereocenters. The van der Waals surface area contributed by atoms with E-state index in [0.29, 0.717) is 28.5 Å². The number of nitrogens with one attached hydrogen (secondary N) is 2. The molecular formula is C29H29N3O4S. The number of rotatable bonds is 7. The Hall–Kier alpha value is -4.17. The number of carbonyl (C=O) groups excluding carboxylic acids is 1. The van der Waals surface area contributed by atoms with Crippen LogP contribution >= 0.6 is 12.2 Å². The van der Waals surface area contributed by atoms with Gasteiger partial charge in [0.25, 0.3) is 5.56 Å². The first-order chi connectivity index (χ1) is 17.8. The number of pyridine rings is 1. The van der Waals surface area contributed by atoms with Gasteiger partial charge in [-0.25, -0.2) is 4.79 Å². The number of anilines is 1. The molecule has 4 aromatic rings. The van der Waals surface area contributed by atoms with E-state index < -0.39 is 5.97 Å². The number of aromatic amines is 1. The predicted molar refractivity (Wildman–Crippen MR) is 150 cm³/mol. The van der Waals surface area contributed by atoms with Gasteiger partial charge >= 0.3 is 5.97 Å². The molecule has 1 aromatic heterocycles. The van der Waals surface area contributed by atoms with E-state index in [9.17, 15) is 9.59 Å². The Labute approximate surface area is 221 Å². The molecule has 0 saturated heterocycles. The molecule has 0 aliphatic carbocycles. The first-order valence-corrected chi connectivity index (χ1v) is 12.2. The van der Waals surface area contributed by atoms with Gasteiger partial charge in [0, 0.05) is 23.0 Å². The number of nitrogens with zero attached hydrogens (tertiary/aromatic N) is 1. The number of H-pyrrole nitrogens is 1. The minimum Gasteiger partial charge on any atom is -0.497 e. The van der Waals surface area contributed by atoms with Crippen LogP contribution in [0.25, 0.3) is 10.9 Å². The summed E-state index contributed by atoms with van der Waals surface area (Å²) in [5.41, 5.74) is 5.26. The second-order valence-corrected chi connectivity index (χ2v) is 9.22. The number of fused-ring (bicyclic) bond motifs is 1. The first kappa shape index (κ1) is 25.9. The van der Waals surface area contributed by atoms with Crippen molar-refractivity contribution in [2.45, 2.75) is 26.9 Å². The Bertz CT molecular complexity index is 1510. The fourth-order valence-corrected chi connectivity index (χ4v) is 4.50. The number of hydrogen-bond acceptors (Lipinski definition) is 5. The standard InChI is InChI=1S/C29H29N3O4S/c1-18-13-19(2)24-15-21(27(33)30-26(24)14-18)17-32(16-20-9-11-22(35-3)12-10-20)29(37)31-25-8-6-5-7-23(25)28(34)36-4/h5-15H,16-17H2,1-4H3,(H,30,33)(H,31,37). The highest BCUT2D eigenvalue weighted by Crippen LogP contribution is 2.22. The number of benzene rings is 3. The van der Waals surface area contributed by atoms with Crippen molar-refractivity contribution < 1.29 is 14.3 Å². The van der Waals surface area contributed by atoms with Crippen LogP contribution < -0.4 is 15.6 Å². The summed E-state index contributed by atoms with van der Waals surface area (Å²) in [5, 5.41) is 4.54. The van der Waals surface area contributed by atoms with E-state index in [-0.39, 0.29) is 12.1 Å². The molecule has 190 valence electrons. The van der Waals surface area contributed by atoms with Crippen LogP contribution in [0.2, 0.25) is 0 Å². The number of aromatic nitrogens is 1. The highest BCUT2D eigenvalue weighted by Gasteiger charge is 2.18. The zero-order chi connectivity index (χ0) is 26.5. The van der Waals surface area contributed by atoms with Crippen LogP contribution in [0.15, 0.2) is 71.5 Å². The van der Waals surface area contributed by atoms with Crippen LogP contribution in [0.4, 0.5) is 5.69 Å². The van der Waals surface area contributed by atoms with Gasteiger partial charge in [-0.2, -0.15) is 0 Å². The predicted octanol–water partition coefficient (Wildman–Crippen LogP) is 5.34. The summed E-state index contributed by atoms with van der Waals surface area (Å²) in [6, 6.07) is 20.7. The lowest BCUT2D eigenvalue weighted by atomic mass is 10.0. The van der Waals surface area contributed by atoms with Crippen molar-refractivity contribution in [2.24, 2.45) is 0 Å². The Morgan fingerprint density at radius 1 is 1.00 bits per heavy atom. The van der Waals surface area contributed by atoms with Gasteiger partial charge in [-0.05, 0) is 79.2 Å². The van der Waals surface area contributed by atoms with Gasteiger partial charge in [0.2, 0.25) is 0 Å². The van der Waals surface area contributed by atoms with Gasteiger partial charge in [0.15, 0.2) is 5.11 Å². The molecule has 0 aliphatic rings. The van der Waals surface area contributed by atoms with Crippen molar-refractivity contribution in [1.82, 2.24) is 9.88 Å². The lowest BCUT2D eigenvalue weighted by Crippen LogP contribution is -2.36. The summed E-state index contributed by atoms with van der Waals surface area (Å²) in [4.78, 5) is 30.3. The van der Waals surface area contributed by atoms with Crippen LogP contribution in [0, 0.1) is 13.8 Å². The molecule has 8 heteroatoms. The third kappa shape index (κ3) is 5.98. The Morgan fingerprint density at radius 2 is 1.73 bits per heavy atom. The van der Waals surface area contributed by atoms with Crippen LogP contribution in [-0.4, -0.2) is 35.2 Å². The van der Waals surface area contributed by atoms with E-state index in [1.165, 1.54) is 7.11 Å². The van der Waals surface area contributed by atoms with Gasteiger partial charge < -0.3 is 24.7 Å². The van der Waals surface area contributed by atoms with Crippen LogP contribution in [0.3, 0.4) is 0 Å². The maximum atomic E-state index is 13.1. The van der Waals surface area contributed by atoms with Gasteiger partial charge in [0.1, 0.15) is 5.75 Å². The van der Waals surface area contributed by atoms with E-state index in [4.69, 9.17) is 21.7 Å². The lowest BCUT2D eigenvalue weighted by Gasteiger charge is -2.27. The SMILES string of the molecule is COC(=O)c1ccccc1NC(=S)N(Cc1ccc(OC)cc1)Cc1cc2c(C)cc(C)cc2[nH]c1=O. The molecule has 0 bridgehead atoms. The van der Waals surface area contributed by atoms with Gasteiger partial charge in [-0.1, -0.05) is 30.3 Å². The van der Waals surface area contributed by atoms with Crippen LogP contribution in [0.5, 0.6) is 5.75 Å². The molecule has 0 saturated carbocycles. The summed E-state index contributed by atoms with van der Waals surface area (Å²) in [6.45, 7) is 4.73. The molecule has 7 nitrogen and oxygen atoms in total. The third-order valence-corrected chi connectivity index (χ3v) is 6.50. The average molecular weight is 516 g/mol. The smallest absolute Gasteiger partial charge is 0.339 e. The lowest BCUT2D eigenvalue weighted by molar-refractivity contribution is 0.0602. The van der Waals surface area contributed by atoms with Crippen molar-refractivity contribution in [3.8, 4) is 5.75 Å². The molecule has 2 N–H and O–H groups in total. The zero-order valence-corrected chi connectivity index (χ0v) is 22.1. The van der Waals surface area contributed by atoms with Gasteiger partial charge in [-0.15, -0.1) is 0 Å². The number of carbonyl (C=O) groups is 1. The quantitative estimate of drug-likeness (QED) is 0.254. The maximum absolute atomic E-state index is 13.1. The fraction of sp³-hybridized carbons (Fsp3) is 0.207. The second-order valence-electron chi connectivity index (χ2n) is 8.84. The number of hydrogen-bond donors (Lipinski definition) is 2. The van der Waals surface area contributed by atoms with E-state index in [2.05, 4.69) is 16.4 Å². The molecule has 0 amide bonds. The summed E-state index contributed by atoms with van der Waals surface area (Å²) < 4.78 is 10.2. The number of esters is 1. The number of aryl methyl sites for hydroxylation is 2. The molecule has 0 spiro atoms. The van der Waals surface area contributed by atoms with Crippen molar-refractivity contribution >= 4 is 39.9 Å². The van der Waals surface area contributed by atoms with Gasteiger partial charge in [0.05, 0.1) is 32.0 Å². The molecule has 0 aliphatic heterocycles. The summed E-state index contributed by atoms with van der Waals surface area (Å²) in [7, 11) is 2.96. The molecule has 37 heavy (non-hydrogen) atoms. The number of ether oxygens (including phenoxy) is 2. The number of methoxy groups -OCH3 is 2. The fourth-order valence-electron chi connectivity index (χ4n) is 4.26. The van der Waals surface area contributed by atoms with Crippen molar-refractivity contribution in [1.29, 1.82) is 0 Å². The highest BCUT2D eigenvalue weighted by atomic mass is 32.1. The molecule has 0 fully saturated rings.